The van der Waals surface area contributed by atoms with Crippen LogP contribution in [0.3, 0.4) is 0 Å². The minimum absolute atomic E-state index is 0.0734. The Balaban J connectivity index is 2.27. The summed E-state index contributed by atoms with van der Waals surface area (Å²) in [5.74, 6) is 0.0734. The van der Waals surface area contributed by atoms with Crippen molar-refractivity contribution in [1.29, 1.82) is 0 Å². The summed E-state index contributed by atoms with van der Waals surface area (Å²) in [5, 5.41) is -1.63. The third kappa shape index (κ3) is 5.03. The molecule has 1 aromatic rings. The zero-order valence-corrected chi connectivity index (χ0v) is 15.6. The smallest absolute Gasteiger partial charge is 0.415 e. The van der Waals surface area contributed by atoms with E-state index < -0.39 is 11.5 Å². The molecule has 6 nitrogen and oxygen atoms in total. The van der Waals surface area contributed by atoms with Crippen LogP contribution in [-0.2, 0) is 14.2 Å². The van der Waals surface area contributed by atoms with E-state index in [9.17, 15) is 5.53 Å². The molecule has 2 atom stereocenters. The van der Waals surface area contributed by atoms with Crippen molar-refractivity contribution in [2.45, 2.75) is 51.0 Å². The fourth-order valence-corrected chi connectivity index (χ4v) is 2.79. The first kappa shape index (κ1) is 19.9. The predicted octanol–water partition coefficient (Wildman–Crippen LogP) is 4.00. The van der Waals surface area contributed by atoms with Gasteiger partial charge >= 0.3 is 11.1 Å². The number of hydrogen-bond acceptors (Lipinski definition) is 3. The normalized spacial score (nSPS) is 23.6. The second-order valence-electron chi connectivity index (χ2n) is 5.86. The zero-order chi connectivity index (χ0) is 18.1. The van der Waals surface area contributed by atoms with Crippen LogP contribution in [0.5, 0.6) is 0 Å². The molecule has 1 aliphatic rings. The van der Waals surface area contributed by atoms with Gasteiger partial charge in [0.25, 0.3) is 0 Å². The average molecular weight is 368 g/mol. The number of anilines is 1. The SMILES string of the molecule is CCCCOC1COC(Cl)(OCCCC)C(=[N+]=[N-])N1c1ccccc1. The van der Waals surface area contributed by atoms with Crippen LogP contribution in [0.1, 0.15) is 39.5 Å². The summed E-state index contributed by atoms with van der Waals surface area (Å²) in [6.07, 6.45) is 3.31. The molecule has 0 bridgehead atoms. The van der Waals surface area contributed by atoms with Gasteiger partial charge in [0.15, 0.2) is 0 Å². The van der Waals surface area contributed by atoms with Crippen LogP contribution in [0, 0.1) is 0 Å². The van der Waals surface area contributed by atoms with Crippen LogP contribution in [0.4, 0.5) is 5.69 Å². The van der Waals surface area contributed by atoms with Gasteiger partial charge < -0.3 is 24.5 Å². The molecule has 1 aliphatic heterocycles. The third-order valence-corrected chi connectivity index (χ3v) is 4.30. The largest absolute Gasteiger partial charge is 0.497 e. The number of hydrogen-bond donors (Lipinski definition) is 0. The molecule has 0 radical (unpaired) electrons. The van der Waals surface area contributed by atoms with Crippen molar-refractivity contribution in [3.05, 3.63) is 35.9 Å². The summed E-state index contributed by atoms with van der Waals surface area (Å²) in [6, 6.07) is 9.51. The van der Waals surface area contributed by atoms with Gasteiger partial charge in [-0.05, 0) is 36.6 Å². The molecule has 2 rings (SSSR count). The predicted molar refractivity (Wildman–Crippen MR) is 97.6 cm³/mol. The fourth-order valence-electron chi connectivity index (χ4n) is 2.52. The highest BCUT2D eigenvalue weighted by molar-refractivity contribution is 6.35. The van der Waals surface area contributed by atoms with Gasteiger partial charge in [-0.3, -0.25) is 0 Å². The molecule has 2 unspecified atom stereocenters. The first-order chi connectivity index (χ1) is 12.2. The number of unbranched alkanes of at least 4 members (excludes halogenated alkanes) is 2. The molecule has 0 N–H and O–H groups in total. The van der Waals surface area contributed by atoms with E-state index in [1.54, 1.807) is 4.90 Å². The Morgan fingerprint density at radius 3 is 2.56 bits per heavy atom. The minimum Gasteiger partial charge on any atom is -0.497 e. The second kappa shape index (κ2) is 9.90. The number of rotatable bonds is 9. The van der Waals surface area contributed by atoms with E-state index in [4.69, 9.17) is 25.8 Å². The van der Waals surface area contributed by atoms with E-state index in [1.807, 2.05) is 30.3 Å². The van der Waals surface area contributed by atoms with Crippen LogP contribution >= 0.6 is 11.6 Å². The number of amidine groups is 1. The monoisotopic (exact) mass is 367 g/mol. The summed E-state index contributed by atoms with van der Waals surface area (Å²) in [6.45, 7) is 5.34. The van der Waals surface area contributed by atoms with Gasteiger partial charge in [0.1, 0.15) is 12.3 Å². The molecule has 7 heteroatoms. The van der Waals surface area contributed by atoms with Gasteiger partial charge in [0.05, 0.1) is 13.2 Å². The molecule has 0 aromatic heterocycles. The molecule has 1 aromatic carbocycles. The lowest BCUT2D eigenvalue weighted by Gasteiger charge is -2.37. The van der Waals surface area contributed by atoms with E-state index in [0.717, 1.165) is 31.4 Å². The Kier molecular flexibility index (Phi) is 7.88. The van der Waals surface area contributed by atoms with E-state index in [-0.39, 0.29) is 12.4 Å². The molecular weight excluding hydrogens is 342 g/mol. The van der Waals surface area contributed by atoms with Crippen molar-refractivity contribution in [2.75, 3.05) is 24.7 Å². The Hall–Kier alpha value is -1.43. The highest BCUT2D eigenvalue weighted by Crippen LogP contribution is 2.33. The van der Waals surface area contributed by atoms with Crippen molar-refractivity contribution in [3.63, 3.8) is 0 Å². The summed E-state index contributed by atoms with van der Waals surface area (Å²) < 4.78 is 17.3. The van der Waals surface area contributed by atoms with E-state index >= 15 is 0 Å². The van der Waals surface area contributed by atoms with Crippen LogP contribution in [0.15, 0.2) is 30.3 Å². The molecule has 0 aliphatic carbocycles. The Bertz CT molecular complexity index is 580. The number of nitrogens with zero attached hydrogens (tertiary/aromatic N) is 3. The fraction of sp³-hybridized carbons (Fsp3) is 0.611. The quantitative estimate of drug-likeness (QED) is 0.286. The van der Waals surface area contributed by atoms with Crippen molar-refractivity contribution >= 4 is 23.1 Å². The average Bonchev–Trinajstić information content (AvgIpc) is 2.63. The van der Waals surface area contributed by atoms with Crippen LogP contribution < -0.4 is 4.90 Å². The second-order valence-corrected chi connectivity index (χ2v) is 6.36. The molecule has 25 heavy (non-hydrogen) atoms. The van der Waals surface area contributed by atoms with Crippen molar-refractivity contribution in [3.8, 4) is 0 Å². The van der Waals surface area contributed by atoms with Gasteiger partial charge in [0.2, 0.25) is 6.23 Å². The highest BCUT2D eigenvalue weighted by atomic mass is 35.5. The molecule has 1 heterocycles. The molecule has 0 amide bonds. The summed E-state index contributed by atoms with van der Waals surface area (Å²) in [7, 11) is 0. The molecular formula is C18H26ClN3O3. The lowest BCUT2D eigenvalue weighted by molar-refractivity contribution is -0.192. The van der Waals surface area contributed by atoms with E-state index in [2.05, 4.69) is 18.6 Å². The standard InChI is InChI=1S/C18H26ClN3O3/c1-3-5-12-23-16-14-25-18(19,24-13-6-4-2)17(21-20)22(16)15-10-8-7-9-11-15/h7-11,16H,3-6,12-14H2,1-2H3. The van der Waals surface area contributed by atoms with Gasteiger partial charge in [0, 0.05) is 0 Å². The number of ether oxygens (including phenoxy) is 3. The number of morpholine rings is 1. The topological polar surface area (TPSA) is 67.3 Å². The summed E-state index contributed by atoms with van der Waals surface area (Å²) in [4.78, 5) is 5.13. The number of benzene rings is 1. The van der Waals surface area contributed by atoms with E-state index in [0.29, 0.717) is 13.2 Å². The van der Waals surface area contributed by atoms with Crippen molar-refractivity contribution < 1.29 is 19.0 Å². The molecule has 1 fully saturated rings. The first-order valence-corrected chi connectivity index (χ1v) is 9.19. The maximum Gasteiger partial charge on any atom is 0.415 e. The molecule has 0 spiro atoms. The Labute approximate surface area is 154 Å². The maximum absolute atomic E-state index is 9.65. The number of alkyl halides is 1. The van der Waals surface area contributed by atoms with Gasteiger partial charge in [-0.15, -0.1) is 0 Å². The van der Waals surface area contributed by atoms with Gasteiger partial charge in [-0.2, -0.15) is 4.90 Å². The van der Waals surface area contributed by atoms with Crippen molar-refractivity contribution in [2.24, 2.45) is 0 Å². The van der Waals surface area contributed by atoms with E-state index in [1.165, 1.54) is 0 Å². The van der Waals surface area contributed by atoms with Crippen LogP contribution in [0.2, 0.25) is 0 Å². The maximum atomic E-state index is 9.65. The molecule has 0 saturated carbocycles. The summed E-state index contributed by atoms with van der Waals surface area (Å²) in [5.41, 5.74) is 10.4. The molecule has 138 valence electrons. The van der Waals surface area contributed by atoms with Gasteiger partial charge in [-0.25, -0.2) is 0 Å². The third-order valence-electron chi connectivity index (χ3n) is 3.92. The summed E-state index contributed by atoms with van der Waals surface area (Å²) >= 11 is 6.52. The van der Waals surface area contributed by atoms with Crippen LogP contribution in [0.25, 0.3) is 5.53 Å². The Morgan fingerprint density at radius 2 is 1.92 bits per heavy atom. The molecule has 1 saturated heterocycles. The minimum atomic E-state index is -1.63. The lowest BCUT2D eigenvalue weighted by Crippen LogP contribution is -2.61. The zero-order valence-electron chi connectivity index (χ0n) is 14.9. The number of para-hydroxylation sites is 1. The van der Waals surface area contributed by atoms with Gasteiger partial charge in [-0.1, -0.05) is 44.9 Å². The van der Waals surface area contributed by atoms with Crippen LogP contribution in [-0.4, -0.2) is 41.9 Å². The Morgan fingerprint density at radius 1 is 1.24 bits per heavy atom. The van der Waals surface area contributed by atoms with Crippen molar-refractivity contribution in [1.82, 2.24) is 0 Å². The highest BCUT2D eigenvalue weighted by Gasteiger charge is 2.55. The lowest BCUT2D eigenvalue weighted by atomic mass is 10.2. The number of halogens is 1. The first-order valence-electron chi connectivity index (χ1n) is 8.81.